The van der Waals surface area contributed by atoms with Crippen LogP contribution in [0.3, 0.4) is 0 Å². The molecular formula is C8H12F2N4O3. The second-order valence-corrected chi connectivity index (χ2v) is 3.18. The van der Waals surface area contributed by atoms with E-state index in [9.17, 15) is 18.9 Å². The van der Waals surface area contributed by atoms with Crippen molar-refractivity contribution in [2.24, 2.45) is 5.73 Å². The first-order valence-electron chi connectivity index (χ1n) is 4.87. The van der Waals surface area contributed by atoms with Crippen molar-refractivity contribution < 1.29 is 18.4 Å². The largest absolute Gasteiger partial charge is 0.466 e. The molecule has 0 fully saturated rings. The smallest absolute Gasteiger partial charge is 0.350 e. The van der Waals surface area contributed by atoms with E-state index in [2.05, 4.69) is 9.84 Å². The Morgan fingerprint density at radius 3 is 2.88 bits per heavy atom. The van der Waals surface area contributed by atoms with Crippen molar-refractivity contribution in [2.75, 3.05) is 13.2 Å². The number of nitro groups is 1. The van der Waals surface area contributed by atoms with Gasteiger partial charge in [-0.2, -0.15) is 0 Å². The van der Waals surface area contributed by atoms with Gasteiger partial charge in [-0.25, -0.2) is 8.78 Å². The summed E-state index contributed by atoms with van der Waals surface area (Å²) < 4.78 is 29.7. The SMILES string of the molecule is NCCCn1cc([N+](=O)[O-])c(OCC(F)F)n1. The van der Waals surface area contributed by atoms with E-state index in [1.54, 1.807) is 0 Å². The van der Waals surface area contributed by atoms with Crippen LogP contribution in [0.1, 0.15) is 6.42 Å². The minimum absolute atomic E-state index is 0.370. The van der Waals surface area contributed by atoms with E-state index in [0.717, 1.165) is 6.20 Å². The molecule has 0 aliphatic heterocycles. The fourth-order valence-electron chi connectivity index (χ4n) is 1.13. The maximum Gasteiger partial charge on any atom is 0.350 e. The molecule has 0 aliphatic rings. The highest BCUT2D eigenvalue weighted by Gasteiger charge is 2.22. The molecule has 0 saturated carbocycles. The molecule has 0 unspecified atom stereocenters. The van der Waals surface area contributed by atoms with Gasteiger partial charge in [0.2, 0.25) is 0 Å². The molecule has 2 N–H and O–H groups in total. The fraction of sp³-hybridized carbons (Fsp3) is 0.625. The summed E-state index contributed by atoms with van der Waals surface area (Å²) >= 11 is 0. The number of hydrogen-bond acceptors (Lipinski definition) is 5. The van der Waals surface area contributed by atoms with E-state index in [1.807, 2.05) is 0 Å². The van der Waals surface area contributed by atoms with Crippen LogP contribution in [0.25, 0.3) is 0 Å². The zero-order chi connectivity index (χ0) is 12.8. The number of halogens is 2. The molecule has 0 atom stereocenters. The van der Waals surface area contributed by atoms with E-state index in [-0.39, 0.29) is 0 Å². The van der Waals surface area contributed by atoms with Crippen LogP contribution in [0, 0.1) is 10.1 Å². The van der Waals surface area contributed by atoms with Crippen LogP contribution in [0.15, 0.2) is 6.20 Å². The molecule has 0 aliphatic carbocycles. The maximum atomic E-state index is 11.9. The molecule has 0 spiro atoms. The first-order valence-corrected chi connectivity index (χ1v) is 4.87. The number of ether oxygens (including phenoxy) is 1. The highest BCUT2D eigenvalue weighted by atomic mass is 19.3. The van der Waals surface area contributed by atoms with Crippen LogP contribution in [-0.4, -0.2) is 34.3 Å². The fourth-order valence-corrected chi connectivity index (χ4v) is 1.13. The number of hydrogen-bond donors (Lipinski definition) is 1. The summed E-state index contributed by atoms with van der Waals surface area (Å²) in [7, 11) is 0. The number of rotatable bonds is 7. The van der Waals surface area contributed by atoms with Crippen molar-refractivity contribution in [2.45, 2.75) is 19.4 Å². The summed E-state index contributed by atoms with van der Waals surface area (Å²) in [5.41, 5.74) is 4.85. The molecule has 0 amide bonds. The number of nitrogens with two attached hydrogens (primary N) is 1. The molecule has 17 heavy (non-hydrogen) atoms. The van der Waals surface area contributed by atoms with E-state index in [1.165, 1.54) is 4.68 Å². The molecule has 1 aromatic heterocycles. The van der Waals surface area contributed by atoms with Gasteiger partial charge in [-0.05, 0) is 13.0 Å². The van der Waals surface area contributed by atoms with Crippen LogP contribution in [0.4, 0.5) is 14.5 Å². The zero-order valence-corrected chi connectivity index (χ0v) is 8.88. The first-order chi connectivity index (χ1) is 8.04. The summed E-state index contributed by atoms with van der Waals surface area (Å²) in [6, 6.07) is 0. The first kappa shape index (κ1) is 13.3. The highest BCUT2D eigenvalue weighted by Crippen LogP contribution is 2.24. The highest BCUT2D eigenvalue weighted by molar-refractivity contribution is 5.38. The third-order valence-corrected chi connectivity index (χ3v) is 1.84. The number of aryl methyl sites for hydroxylation is 1. The molecule has 9 heteroatoms. The Balaban J connectivity index is 2.77. The normalized spacial score (nSPS) is 10.8. The molecule has 0 saturated heterocycles. The summed E-state index contributed by atoms with van der Waals surface area (Å²) in [5.74, 6) is -0.396. The number of nitrogens with zero attached hydrogens (tertiary/aromatic N) is 3. The van der Waals surface area contributed by atoms with Crippen LogP contribution in [0.2, 0.25) is 0 Å². The molecular weight excluding hydrogens is 238 g/mol. The van der Waals surface area contributed by atoms with Gasteiger partial charge in [-0.3, -0.25) is 14.8 Å². The van der Waals surface area contributed by atoms with Crippen molar-refractivity contribution >= 4 is 5.69 Å². The van der Waals surface area contributed by atoms with Gasteiger partial charge in [0.1, 0.15) is 6.20 Å². The van der Waals surface area contributed by atoms with Gasteiger partial charge in [0.05, 0.1) is 4.92 Å². The van der Waals surface area contributed by atoms with Gasteiger partial charge in [0.25, 0.3) is 6.43 Å². The third-order valence-electron chi connectivity index (χ3n) is 1.84. The lowest BCUT2D eigenvalue weighted by Gasteiger charge is -2.00. The van der Waals surface area contributed by atoms with Gasteiger partial charge in [-0.1, -0.05) is 0 Å². The molecule has 1 rings (SSSR count). The maximum absolute atomic E-state index is 11.9. The average Bonchev–Trinajstić information content (AvgIpc) is 2.67. The Labute approximate surface area is 95.3 Å². The second-order valence-electron chi connectivity index (χ2n) is 3.18. The molecule has 0 radical (unpaired) electrons. The quantitative estimate of drug-likeness (QED) is 0.570. The van der Waals surface area contributed by atoms with Gasteiger partial charge < -0.3 is 10.5 Å². The molecule has 7 nitrogen and oxygen atoms in total. The lowest BCUT2D eigenvalue weighted by atomic mass is 10.4. The summed E-state index contributed by atoms with van der Waals surface area (Å²) in [6.07, 6.45) is -0.993. The van der Waals surface area contributed by atoms with Gasteiger partial charge in [-0.15, -0.1) is 5.10 Å². The lowest BCUT2D eigenvalue weighted by molar-refractivity contribution is -0.386. The van der Waals surface area contributed by atoms with Gasteiger partial charge in [0.15, 0.2) is 6.61 Å². The predicted molar refractivity (Wildman–Crippen MR) is 54.1 cm³/mol. The number of aromatic nitrogens is 2. The van der Waals surface area contributed by atoms with Gasteiger partial charge in [0, 0.05) is 6.54 Å². The summed E-state index contributed by atoms with van der Waals surface area (Å²) in [5, 5.41) is 14.3. The third kappa shape index (κ3) is 3.94. The zero-order valence-electron chi connectivity index (χ0n) is 8.88. The minimum atomic E-state index is -2.70. The summed E-state index contributed by atoms with van der Waals surface area (Å²) in [4.78, 5) is 9.88. The Bertz CT molecular complexity index is 383. The Morgan fingerprint density at radius 2 is 2.35 bits per heavy atom. The Hall–Kier alpha value is -1.77. The molecule has 0 bridgehead atoms. The van der Waals surface area contributed by atoms with E-state index < -0.39 is 29.5 Å². The Kier molecular flexibility index (Phi) is 4.76. The molecule has 1 aromatic rings. The van der Waals surface area contributed by atoms with Gasteiger partial charge >= 0.3 is 11.6 Å². The molecule has 1 heterocycles. The number of alkyl halides is 2. The monoisotopic (exact) mass is 250 g/mol. The average molecular weight is 250 g/mol. The summed E-state index contributed by atoms with van der Waals surface area (Å²) in [6.45, 7) is -0.148. The molecule has 0 aromatic carbocycles. The minimum Gasteiger partial charge on any atom is -0.466 e. The lowest BCUT2D eigenvalue weighted by Crippen LogP contribution is -2.09. The van der Waals surface area contributed by atoms with Crippen molar-refractivity contribution in [3.8, 4) is 5.88 Å². The van der Waals surface area contributed by atoms with Crippen molar-refractivity contribution in [1.82, 2.24) is 9.78 Å². The second kappa shape index (κ2) is 6.09. The van der Waals surface area contributed by atoms with Crippen LogP contribution >= 0.6 is 0 Å². The standard InChI is InChI=1S/C8H12F2N4O3/c9-7(10)5-17-8-6(14(15)16)4-13(12-8)3-1-2-11/h4,7H,1-3,5,11H2. The predicted octanol–water partition coefficient (Wildman–Crippen LogP) is 0.784. The van der Waals surface area contributed by atoms with E-state index in [0.29, 0.717) is 19.5 Å². The van der Waals surface area contributed by atoms with Crippen LogP contribution in [-0.2, 0) is 6.54 Å². The van der Waals surface area contributed by atoms with Crippen LogP contribution < -0.4 is 10.5 Å². The van der Waals surface area contributed by atoms with Crippen molar-refractivity contribution in [1.29, 1.82) is 0 Å². The van der Waals surface area contributed by atoms with Crippen molar-refractivity contribution in [3.63, 3.8) is 0 Å². The Morgan fingerprint density at radius 1 is 1.65 bits per heavy atom. The topological polar surface area (TPSA) is 96.2 Å². The van der Waals surface area contributed by atoms with E-state index >= 15 is 0 Å². The van der Waals surface area contributed by atoms with Crippen molar-refractivity contribution in [3.05, 3.63) is 16.3 Å². The van der Waals surface area contributed by atoms with Crippen LogP contribution in [0.5, 0.6) is 5.88 Å². The van der Waals surface area contributed by atoms with E-state index in [4.69, 9.17) is 5.73 Å². The molecule has 96 valence electrons.